The number of carbonyl (C=O) groups is 1. The van der Waals surface area contributed by atoms with E-state index in [1.807, 2.05) is 16.5 Å². The van der Waals surface area contributed by atoms with Gasteiger partial charge in [0.15, 0.2) is 15.0 Å². The second kappa shape index (κ2) is 7.65. The quantitative estimate of drug-likeness (QED) is 0.715. The number of sulfone groups is 1. The molecule has 0 N–H and O–H groups in total. The second-order valence-electron chi connectivity index (χ2n) is 6.93. The molecule has 0 unspecified atom stereocenters. The van der Waals surface area contributed by atoms with E-state index in [9.17, 15) is 13.2 Å². The highest BCUT2D eigenvalue weighted by Gasteiger charge is 2.33. The monoisotopic (exact) mass is 386 g/mol. The van der Waals surface area contributed by atoms with Crippen molar-refractivity contribution in [1.82, 2.24) is 19.7 Å². The van der Waals surface area contributed by atoms with Crippen LogP contribution in [0.25, 0.3) is 0 Å². The van der Waals surface area contributed by atoms with Crippen molar-refractivity contribution in [2.45, 2.75) is 56.1 Å². The predicted molar refractivity (Wildman–Crippen MR) is 97.4 cm³/mol. The standard InChI is InChI=1S/C16H26N4O3S2/c1-3-13-6-4-5-8-20(13)14(21)10-24-16-18-17-15(19(16)2)12-7-9-25(22,23)11-12/h12-13H,3-11H2,1-2H3/t12-,13+/m0/s1. The van der Waals surface area contributed by atoms with Crippen LogP contribution in [-0.2, 0) is 21.7 Å². The Bertz CT molecular complexity index is 732. The summed E-state index contributed by atoms with van der Waals surface area (Å²) in [5.41, 5.74) is 0. The molecule has 1 amide bonds. The van der Waals surface area contributed by atoms with Crippen molar-refractivity contribution in [3.05, 3.63) is 5.82 Å². The summed E-state index contributed by atoms with van der Waals surface area (Å²) < 4.78 is 25.2. The van der Waals surface area contributed by atoms with Gasteiger partial charge in [-0.3, -0.25) is 4.79 Å². The third-order valence-corrected chi connectivity index (χ3v) is 7.98. The van der Waals surface area contributed by atoms with Crippen LogP contribution in [0.3, 0.4) is 0 Å². The maximum absolute atomic E-state index is 12.6. The van der Waals surface area contributed by atoms with Crippen LogP contribution in [0.1, 0.15) is 50.8 Å². The zero-order chi connectivity index (χ0) is 18.0. The lowest BCUT2D eigenvalue weighted by molar-refractivity contribution is -0.132. The molecule has 140 valence electrons. The fourth-order valence-corrected chi connectivity index (χ4v) is 6.31. The first-order valence-corrected chi connectivity index (χ1v) is 11.7. The van der Waals surface area contributed by atoms with Crippen LogP contribution in [0.15, 0.2) is 5.16 Å². The third kappa shape index (κ3) is 4.19. The predicted octanol–water partition coefficient (Wildman–Crippen LogP) is 1.60. The normalized spacial score (nSPS) is 26.1. The lowest BCUT2D eigenvalue weighted by atomic mass is 10.0. The first kappa shape index (κ1) is 18.7. The van der Waals surface area contributed by atoms with Gasteiger partial charge in [0.05, 0.1) is 17.3 Å². The summed E-state index contributed by atoms with van der Waals surface area (Å²) in [5.74, 6) is 1.50. The van der Waals surface area contributed by atoms with Crippen molar-refractivity contribution in [2.24, 2.45) is 7.05 Å². The van der Waals surface area contributed by atoms with E-state index in [4.69, 9.17) is 0 Å². The van der Waals surface area contributed by atoms with E-state index in [2.05, 4.69) is 17.1 Å². The Kier molecular flexibility index (Phi) is 5.72. The van der Waals surface area contributed by atoms with Crippen molar-refractivity contribution in [1.29, 1.82) is 0 Å². The molecule has 1 aromatic rings. The molecule has 3 heterocycles. The number of hydrogen-bond acceptors (Lipinski definition) is 6. The molecule has 0 bridgehead atoms. The number of piperidine rings is 1. The van der Waals surface area contributed by atoms with E-state index in [1.54, 1.807) is 0 Å². The number of hydrogen-bond donors (Lipinski definition) is 0. The van der Waals surface area contributed by atoms with E-state index in [0.717, 1.165) is 25.8 Å². The average molecular weight is 387 g/mol. The third-order valence-electron chi connectivity index (χ3n) is 5.21. The minimum atomic E-state index is -2.95. The SMILES string of the molecule is CC[C@@H]1CCCCN1C(=O)CSc1nnc([C@H]2CCS(=O)(=O)C2)n1C. The zero-order valence-corrected chi connectivity index (χ0v) is 16.5. The van der Waals surface area contributed by atoms with Crippen LogP contribution >= 0.6 is 11.8 Å². The van der Waals surface area contributed by atoms with E-state index < -0.39 is 9.84 Å². The first-order chi connectivity index (χ1) is 11.9. The number of nitrogens with zero attached hydrogens (tertiary/aromatic N) is 4. The van der Waals surface area contributed by atoms with E-state index >= 15 is 0 Å². The molecule has 2 saturated heterocycles. The first-order valence-electron chi connectivity index (χ1n) is 8.93. The van der Waals surface area contributed by atoms with Gasteiger partial charge in [0.2, 0.25) is 5.91 Å². The van der Waals surface area contributed by atoms with Crippen molar-refractivity contribution < 1.29 is 13.2 Å². The number of rotatable bonds is 5. The van der Waals surface area contributed by atoms with E-state index in [-0.39, 0.29) is 23.3 Å². The van der Waals surface area contributed by atoms with Crippen LogP contribution < -0.4 is 0 Å². The van der Waals surface area contributed by atoms with Gasteiger partial charge < -0.3 is 9.47 Å². The molecule has 0 aromatic carbocycles. The van der Waals surface area contributed by atoms with Gasteiger partial charge in [-0.1, -0.05) is 18.7 Å². The number of amides is 1. The fraction of sp³-hybridized carbons (Fsp3) is 0.812. The van der Waals surface area contributed by atoms with E-state index in [1.165, 1.54) is 18.2 Å². The summed E-state index contributed by atoms with van der Waals surface area (Å²) in [6.45, 7) is 2.98. The molecule has 3 rings (SSSR count). The summed E-state index contributed by atoms with van der Waals surface area (Å²) in [5, 5.41) is 9.04. The molecule has 2 atom stereocenters. The topological polar surface area (TPSA) is 85.2 Å². The lowest BCUT2D eigenvalue weighted by Crippen LogP contribution is -2.44. The minimum Gasteiger partial charge on any atom is -0.339 e. The molecule has 0 saturated carbocycles. The summed E-state index contributed by atoms with van der Waals surface area (Å²) in [7, 11) is -1.10. The van der Waals surface area contributed by atoms with Gasteiger partial charge in [0.25, 0.3) is 0 Å². The van der Waals surface area contributed by atoms with Crippen molar-refractivity contribution >= 4 is 27.5 Å². The Morgan fingerprint density at radius 2 is 2.08 bits per heavy atom. The summed E-state index contributed by atoms with van der Waals surface area (Å²) >= 11 is 1.39. The molecule has 2 aliphatic heterocycles. The van der Waals surface area contributed by atoms with Gasteiger partial charge >= 0.3 is 0 Å². The average Bonchev–Trinajstić information content (AvgIpc) is 3.14. The Hall–Kier alpha value is -1.09. The van der Waals surface area contributed by atoms with Crippen molar-refractivity contribution in [3.63, 3.8) is 0 Å². The summed E-state index contributed by atoms with van der Waals surface area (Å²) in [6, 6.07) is 0.362. The van der Waals surface area contributed by atoms with E-state index in [0.29, 0.717) is 29.2 Å². The molecule has 9 heteroatoms. The molecule has 0 radical (unpaired) electrons. The Labute approximate surface area is 153 Å². The molecule has 0 spiro atoms. The molecular formula is C16H26N4O3S2. The molecule has 25 heavy (non-hydrogen) atoms. The van der Waals surface area contributed by atoms with Crippen LogP contribution in [0, 0.1) is 0 Å². The van der Waals surface area contributed by atoms with Crippen LogP contribution in [0.5, 0.6) is 0 Å². The maximum Gasteiger partial charge on any atom is 0.233 e. The Morgan fingerprint density at radius 1 is 1.28 bits per heavy atom. The Morgan fingerprint density at radius 3 is 2.76 bits per heavy atom. The molecular weight excluding hydrogens is 360 g/mol. The highest BCUT2D eigenvalue weighted by atomic mass is 32.2. The van der Waals surface area contributed by atoms with Crippen molar-refractivity contribution in [2.75, 3.05) is 23.8 Å². The summed E-state index contributed by atoms with van der Waals surface area (Å²) in [6.07, 6.45) is 4.98. The van der Waals surface area contributed by atoms with Crippen LogP contribution in [0.4, 0.5) is 0 Å². The zero-order valence-electron chi connectivity index (χ0n) is 14.8. The van der Waals surface area contributed by atoms with Gasteiger partial charge in [-0.15, -0.1) is 10.2 Å². The van der Waals surface area contributed by atoms with Gasteiger partial charge in [-0.25, -0.2) is 8.42 Å². The molecule has 7 nitrogen and oxygen atoms in total. The smallest absolute Gasteiger partial charge is 0.233 e. The number of likely N-dealkylation sites (tertiary alicyclic amines) is 1. The largest absolute Gasteiger partial charge is 0.339 e. The second-order valence-corrected chi connectivity index (χ2v) is 10.1. The number of carbonyl (C=O) groups excluding carboxylic acids is 1. The van der Waals surface area contributed by atoms with Gasteiger partial charge in [-0.2, -0.15) is 0 Å². The lowest BCUT2D eigenvalue weighted by Gasteiger charge is -2.35. The fourth-order valence-electron chi connectivity index (χ4n) is 3.77. The number of thioether (sulfide) groups is 1. The Balaban J connectivity index is 1.61. The van der Waals surface area contributed by atoms with Gasteiger partial charge in [0.1, 0.15) is 5.82 Å². The van der Waals surface area contributed by atoms with Gasteiger partial charge in [0, 0.05) is 25.6 Å². The van der Waals surface area contributed by atoms with Crippen LogP contribution in [0.2, 0.25) is 0 Å². The van der Waals surface area contributed by atoms with Crippen LogP contribution in [-0.4, -0.2) is 63.8 Å². The highest BCUT2D eigenvalue weighted by Crippen LogP contribution is 2.29. The number of aromatic nitrogens is 3. The van der Waals surface area contributed by atoms with Gasteiger partial charge in [-0.05, 0) is 32.1 Å². The molecule has 2 fully saturated rings. The maximum atomic E-state index is 12.6. The molecule has 2 aliphatic rings. The minimum absolute atomic E-state index is 0.0842. The van der Waals surface area contributed by atoms with Crippen molar-refractivity contribution in [3.8, 4) is 0 Å². The molecule has 1 aromatic heterocycles. The highest BCUT2D eigenvalue weighted by molar-refractivity contribution is 7.99. The summed E-state index contributed by atoms with van der Waals surface area (Å²) in [4.78, 5) is 14.6. The molecule has 0 aliphatic carbocycles.